The van der Waals surface area contributed by atoms with E-state index in [0.717, 1.165) is 10.9 Å². The number of nitrogens with zero attached hydrogens (tertiary/aromatic N) is 2. The molecule has 3 aromatic rings. The summed E-state index contributed by atoms with van der Waals surface area (Å²) >= 11 is 2.54. The van der Waals surface area contributed by atoms with Crippen LogP contribution >= 0.6 is 22.7 Å². The Kier molecular flexibility index (Phi) is 4.93. The maximum absolute atomic E-state index is 13.7. The van der Waals surface area contributed by atoms with E-state index in [4.69, 9.17) is 5.73 Å². The fourth-order valence-corrected chi connectivity index (χ4v) is 3.46. The molecule has 3 rings (SSSR count). The third-order valence-electron chi connectivity index (χ3n) is 3.11. The van der Waals surface area contributed by atoms with Gasteiger partial charge in [0.1, 0.15) is 22.3 Å². The Labute approximate surface area is 144 Å². The van der Waals surface area contributed by atoms with Crippen molar-refractivity contribution in [2.75, 3.05) is 5.32 Å². The lowest BCUT2D eigenvalue weighted by atomic mass is 10.1. The van der Waals surface area contributed by atoms with Crippen LogP contribution in [0.5, 0.6) is 0 Å². The van der Waals surface area contributed by atoms with Crippen LogP contribution in [0.3, 0.4) is 0 Å². The molecule has 5 nitrogen and oxygen atoms in total. The first-order valence-corrected chi connectivity index (χ1v) is 8.59. The van der Waals surface area contributed by atoms with Crippen LogP contribution < -0.4 is 11.1 Å². The van der Waals surface area contributed by atoms with Crippen molar-refractivity contribution in [1.82, 2.24) is 9.97 Å². The maximum Gasteiger partial charge on any atom is 0.276 e. The lowest BCUT2D eigenvalue weighted by Gasteiger charge is -2.00. The molecule has 0 aliphatic heterocycles. The van der Waals surface area contributed by atoms with Crippen molar-refractivity contribution in [1.29, 1.82) is 0 Å². The van der Waals surface area contributed by atoms with E-state index >= 15 is 0 Å². The maximum atomic E-state index is 13.7. The molecule has 9 heteroatoms. The quantitative estimate of drug-likeness (QED) is 0.727. The van der Waals surface area contributed by atoms with Crippen LogP contribution in [0.2, 0.25) is 0 Å². The molecule has 0 radical (unpaired) electrons. The molecule has 0 atom stereocenters. The van der Waals surface area contributed by atoms with Crippen molar-refractivity contribution in [3.05, 3.63) is 62.6 Å². The van der Waals surface area contributed by atoms with E-state index < -0.39 is 11.6 Å². The summed E-state index contributed by atoms with van der Waals surface area (Å²) in [7, 11) is 0. The Bertz CT molecular complexity index is 878. The zero-order chi connectivity index (χ0) is 17.1. The topological polar surface area (TPSA) is 80.9 Å². The van der Waals surface area contributed by atoms with Crippen molar-refractivity contribution in [3.63, 3.8) is 0 Å². The van der Waals surface area contributed by atoms with E-state index in [9.17, 15) is 13.6 Å². The molecule has 0 saturated heterocycles. The summed E-state index contributed by atoms with van der Waals surface area (Å²) in [6.45, 7) is 0.280. The number of carbonyl (C=O) groups is 1. The van der Waals surface area contributed by atoms with Gasteiger partial charge in [0, 0.05) is 35.5 Å². The average molecular weight is 366 g/mol. The number of hydrogen-bond acceptors (Lipinski definition) is 6. The van der Waals surface area contributed by atoms with Crippen molar-refractivity contribution < 1.29 is 13.6 Å². The Morgan fingerprint density at radius 1 is 1.33 bits per heavy atom. The molecule has 24 heavy (non-hydrogen) atoms. The first-order valence-electron chi connectivity index (χ1n) is 6.89. The van der Waals surface area contributed by atoms with Crippen molar-refractivity contribution >= 4 is 33.7 Å². The fraction of sp³-hybridized carbons (Fsp3) is 0.133. The van der Waals surface area contributed by atoms with Crippen LogP contribution in [0.25, 0.3) is 0 Å². The number of carbonyl (C=O) groups excluding carboxylic acids is 1. The lowest BCUT2D eigenvalue weighted by Crippen LogP contribution is -2.12. The first-order chi connectivity index (χ1) is 11.5. The van der Waals surface area contributed by atoms with E-state index in [1.165, 1.54) is 34.8 Å². The van der Waals surface area contributed by atoms with Gasteiger partial charge in [-0.3, -0.25) is 10.1 Å². The second-order valence-electron chi connectivity index (χ2n) is 4.83. The number of benzene rings is 1. The number of aromatic nitrogens is 2. The van der Waals surface area contributed by atoms with Gasteiger partial charge in [-0.2, -0.15) is 0 Å². The molecule has 124 valence electrons. The number of amides is 1. The van der Waals surface area contributed by atoms with Gasteiger partial charge in [0.25, 0.3) is 5.91 Å². The van der Waals surface area contributed by atoms with Crippen LogP contribution in [-0.4, -0.2) is 15.9 Å². The van der Waals surface area contributed by atoms with Gasteiger partial charge in [0.05, 0.1) is 0 Å². The average Bonchev–Trinajstić information content (AvgIpc) is 3.19. The molecule has 0 saturated carbocycles. The number of anilines is 1. The van der Waals surface area contributed by atoms with E-state index in [1.807, 2.05) is 0 Å². The summed E-state index contributed by atoms with van der Waals surface area (Å²) in [5, 5.41) is 5.33. The summed E-state index contributed by atoms with van der Waals surface area (Å²) in [4.78, 5) is 21.0. The highest BCUT2D eigenvalue weighted by Crippen LogP contribution is 2.23. The van der Waals surface area contributed by atoms with Crippen LogP contribution in [0.15, 0.2) is 29.8 Å². The van der Waals surface area contributed by atoms with Gasteiger partial charge in [-0.25, -0.2) is 18.7 Å². The van der Waals surface area contributed by atoms with Crippen LogP contribution in [-0.2, 0) is 13.0 Å². The van der Waals surface area contributed by atoms with E-state index in [-0.39, 0.29) is 24.6 Å². The lowest BCUT2D eigenvalue weighted by molar-refractivity contribution is 0.102. The number of thiazole rings is 2. The van der Waals surface area contributed by atoms with Gasteiger partial charge in [-0.15, -0.1) is 22.7 Å². The Morgan fingerprint density at radius 2 is 2.17 bits per heavy atom. The summed E-state index contributed by atoms with van der Waals surface area (Å²) in [6.07, 6.45) is 1.82. The third-order valence-corrected chi connectivity index (χ3v) is 4.90. The molecule has 0 aliphatic carbocycles. The van der Waals surface area contributed by atoms with Crippen molar-refractivity contribution in [2.24, 2.45) is 5.73 Å². The predicted molar refractivity (Wildman–Crippen MR) is 89.2 cm³/mol. The van der Waals surface area contributed by atoms with Crippen LogP contribution in [0, 0.1) is 11.6 Å². The van der Waals surface area contributed by atoms with Gasteiger partial charge in [0.2, 0.25) is 0 Å². The minimum Gasteiger partial charge on any atom is -0.325 e. The summed E-state index contributed by atoms with van der Waals surface area (Å²) in [6, 6.07) is 3.45. The standard InChI is InChI=1S/C15H12F2N4OS2/c16-9-2-1-8(11(17)4-9)3-10-6-19-15(24-10)21-14(22)12-7-23-13(5-18)20-12/h1-2,4,6-7H,3,5,18H2,(H,19,21,22). The van der Waals surface area contributed by atoms with E-state index in [1.54, 1.807) is 11.6 Å². The van der Waals surface area contributed by atoms with Crippen molar-refractivity contribution in [3.8, 4) is 0 Å². The normalized spacial score (nSPS) is 10.8. The number of nitrogens with one attached hydrogen (secondary N) is 1. The number of halogens is 2. The van der Waals surface area contributed by atoms with Gasteiger partial charge < -0.3 is 5.73 Å². The third kappa shape index (κ3) is 3.81. The highest BCUT2D eigenvalue weighted by Gasteiger charge is 2.13. The Morgan fingerprint density at radius 3 is 2.88 bits per heavy atom. The van der Waals surface area contributed by atoms with E-state index in [0.29, 0.717) is 15.7 Å². The number of nitrogens with two attached hydrogens (primary N) is 1. The first kappa shape index (κ1) is 16.6. The van der Waals surface area contributed by atoms with Gasteiger partial charge in [-0.1, -0.05) is 6.07 Å². The molecule has 1 amide bonds. The Hall–Kier alpha value is -2.23. The largest absolute Gasteiger partial charge is 0.325 e. The molecule has 0 spiro atoms. The molecular formula is C15H12F2N4OS2. The van der Waals surface area contributed by atoms with Gasteiger partial charge in [-0.05, 0) is 11.6 Å². The Balaban J connectivity index is 1.68. The SMILES string of the molecule is NCc1nc(C(=O)Nc2ncc(Cc3ccc(F)cc3F)s2)cs1. The molecule has 2 heterocycles. The summed E-state index contributed by atoms with van der Waals surface area (Å²) < 4.78 is 26.6. The molecule has 2 aromatic heterocycles. The zero-order valence-electron chi connectivity index (χ0n) is 12.3. The van der Waals surface area contributed by atoms with Crippen molar-refractivity contribution in [2.45, 2.75) is 13.0 Å². The molecule has 1 aromatic carbocycles. The van der Waals surface area contributed by atoms with Gasteiger partial charge in [0.15, 0.2) is 5.13 Å². The second-order valence-corrected chi connectivity index (χ2v) is 6.89. The summed E-state index contributed by atoms with van der Waals surface area (Å²) in [5.41, 5.74) is 6.11. The molecule has 0 bridgehead atoms. The predicted octanol–water partition coefficient (Wildman–Crippen LogP) is 3.18. The molecular weight excluding hydrogens is 354 g/mol. The molecule has 0 aliphatic rings. The number of hydrogen-bond donors (Lipinski definition) is 2. The fourth-order valence-electron chi connectivity index (χ4n) is 1.97. The smallest absolute Gasteiger partial charge is 0.276 e. The highest BCUT2D eigenvalue weighted by molar-refractivity contribution is 7.15. The minimum atomic E-state index is -0.617. The monoisotopic (exact) mass is 366 g/mol. The van der Waals surface area contributed by atoms with Crippen LogP contribution in [0.4, 0.5) is 13.9 Å². The van der Waals surface area contributed by atoms with Crippen LogP contribution in [0.1, 0.15) is 25.9 Å². The second kappa shape index (κ2) is 7.12. The molecule has 3 N–H and O–H groups in total. The summed E-state index contributed by atoms with van der Waals surface area (Å²) in [5.74, 6) is -1.60. The molecule has 0 fully saturated rings. The minimum absolute atomic E-state index is 0.272. The van der Waals surface area contributed by atoms with Gasteiger partial charge >= 0.3 is 0 Å². The zero-order valence-corrected chi connectivity index (χ0v) is 13.9. The van der Waals surface area contributed by atoms with E-state index in [2.05, 4.69) is 15.3 Å². The highest BCUT2D eigenvalue weighted by atomic mass is 32.1. The molecule has 0 unspecified atom stereocenters. The number of rotatable bonds is 5.